The summed E-state index contributed by atoms with van der Waals surface area (Å²) in [6.45, 7) is 2.14. The third-order valence-electron chi connectivity index (χ3n) is 15.1. The van der Waals surface area contributed by atoms with Crippen molar-refractivity contribution in [2.24, 2.45) is 23.1 Å². The Morgan fingerprint density at radius 3 is 1.38 bits per heavy atom. The SMILES string of the molecule is CC(C)C[C@@H]1NC(=O)[C@H](Cc2c[nH]c3ccccc23)NC(=O)[C@@H]2CCCN2C(=O)[C@H]([C@H](C)O)NC(=O)[C@H](CO)NC(=O)C(Cc2c[nH]c3ccccc23)NC(=O)[C@H](CC(N)=O)NC(=O)[C@H](CC(N)=O)NC(=O)[C@H](CC(=O)O)NC(=O)CNC(=O)[C@H](CC(N)=O)NC1=O. The van der Waals surface area contributed by atoms with Gasteiger partial charge in [0.05, 0.1) is 44.9 Å². The fourth-order valence-electron chi connectivity index (χ4n) is 10.5. The van der Waals surface area contributed by atoms with Crippen LogP contribution in [-0.4, -0.2) is 205 Å². The third kappa shape index (κ3) is 19.5. The Balaban J connectivity index is 1.40. The second kappa shape index (κ2) is 32.3. The molecule has 2 fully saturated rings. The van der Waals surface area contributed by atoms with Crippen LogP contribution in [0, 0.1) is 5.92 Å². The molecule has 4 heterocycles. The number of aromatic amines is 2. The Hall–Kier alpha value is -10.5. The molecule has 2 aliphatic heterocycles. The highest BCUT2D eigenvalue weighted by molar-refractivity contribution is 6.02. The molecule has 2 saturated heterocycles. The number of H-pyrrole nitrogens is 2. The minimum Gasteiger partial charge on any atom is -0.481 e. The van der Waals surface area contributed by atoms with Crippen molar-refractivity contribution in [1.82, 2.24) is 68.0 Å². The van der Waals surface area contributed by atoms with Crippen LogP contribution < -0.4 is 70.4 Å². The molecule has 1 unspecified atom stereocenters. The second-order valence-electron chi connectivity index (χ2n) is 22.7. The van der Waals surface area contributed by atoms with E-state index in [9.17, 15) is 87.2 Å². The molecule has 2 aliphatic rings. The van der Waals surface area contributed by atoms with Gasteiger partial charge in [0.25, 0.3) is 0 Å². The Morgan fingerprint density at radius 1 is 0.522 bits per heavy atom. The number of primary amides is 3. The summed E-state index contributed by atoms with van der Waals surface area (Å²) in [4.78, 5) is 212. The molecule has 11 atom stereocenters. The number of aliphatic hydroxyl groups excluding tert-OH is 2. The van der Waals surface area contributed by atoms with Gasteiger partial charge in [-0.2, -0.15) is 0 Å². The van der Waals surface area contributed by atoms with Crippen molar-refractivity contribution < 1.29 is 87.2 Å². The van der Waals surface area contributed by atoms with Crippen molar-refractivity contribution in [2.45, 2.75) is 145 Å². The highest BCUT2D eigenvalue weighted by Crippen LogP contribution is 2.24. The number of nitrogens with two attached hydrogens (primary N) is 3. The summed E-state index contributed by atoms with van der Waals surface area (Å²) in [7, 11) is 0. The standard InChI is InChI=1S/C58H76N16O18/c1-26(2)15-34-50(84)68-37(18-43(59)77)49(83)64-24-46(80)65-40(21-47(81)82)55(89)70-39(20-45(61)79)54(88)69-38(19-44(60)78)53(87)67-35(16-28-22-62-32-11-6-4-9-30(28)32)52(86)72-41(25-75)56(90)73-48(27(3)76)58(92)74-14-8-13-42(74)57(91)71-36(51(85)66-34)17-29-23-63-33-12-7-5-10-31(29)33/h4-7,9-12,22-23,26-27,34-42,48,62-63,75-76H,8,13-21,24-25H2,1-3H3,(H2,59,77)(H2,60,78)(H2,61,79)(H,64,83)(H,65,80)(H,66,85)(H,67,87)(H,68,84)(H,69,88)(H,70,89)(H,71,91)(H,72,86)(H,73,90)(H,81,82)/t27-,34-,35?,36-,37-,38-,39-,40-,41-,42-,48-/m0/s1. The predicted molar refractivity (Wildman–Crippen MR) is 321 cm³/mol. The summed E-state index contributed by atoms with van der Waals surface area (Å²) < 4.78 is 0. The summed E-state index contributed by atoms with van der Waals surface area (Å²) in [6.07, 6.45) is -3.43. The van der Waals surface area contributed by atoms with Gasteiger partial charge in [-0.1, -0.05) is 50.2 Å². The molecule has 0 bridgehead atoms. The number of amides is 14. The summed E-state index contributed by atoms with van der Waals surface area (Å²) in [6, 6.07) is -4.47. The van der Waals surface area contributed by atoms with E-state index in [1.165, 1.54) is 6.20 Å². The third-order valence-corrected chi connectivity index (χ3v) is 15.1. The zero-order chi connectivity index (χ0) is 67.7. The number of rotatable bonds is 16. The van der Waals surface area contributed by atoms with Gasteiger partial charge in [-0.05, 0) is 55.4 Å². The number of hydrogen-bond donors (Lipinski definition) is 18. The molecule has 0 saturated carbocycles. The van der Waals surface area contributed by atoms with Gasteiger partial charge in [0.1, 0.15) is 60.4 Å². The first kappa shape index (κ1) is 70.6. The summed E-state index contributed by atoms with van der Waals surface area (Å²) in [5.74, 6) is -18.8. The smallest absolute Gasteiger partial charge is 0.305 e. The lowest BCUT2D eigenvalue weighted by molar-refractivity contribution is -0.145. The number of benzene rings is 2. The van der Waals surface area contributed by atoms with Crippen LogP contribution in [0.1, 0.15) is 76.8 Å². The molecule has 2 aromatic carbocycles. The Labute approximate surface area is 524 Å². The van der Waals surface area contributed by atoms with Crippen LogP contribution in [-0.2, 0) is 84.8 Å². The molecule has 21 N–H and O–H groups in total. The van der Waals surface area contributed by atoms with E-state index < -0.39 is 200 Å². The van der Waals surface area contributed by atoms with Crippen molar-refractivity contribution in [3.8, 4) is 0 Å². The number of fused-ring (bicyclic) bond motifs is 3. The molecule has 6 rings (SSSR count). The number of nitrogens with zero attached hydrogens (tertiary/aromatic N) is 1. The minimum absolute atomic E-state index is 0.00243. The van der Waals surface area contributed by atoms with Crippen LogP contribution in [0.4, 0.5) is 0 Å². The monoisotopic (exact) mass is 1280 g/mol. The number of hydrogen-bond acceptors (Lipinski definition) is 17. The molecule has 14 amide bonds. The van der Waals surface area contributed by atoms with E-state index in [0.29, 0.717) is 32.9 Å². The molecule has 4 aromatic rings. The van der Waals surface area contributed by atoms with Crippen molar-refractivity contribution >= 4 is 110 Å². The van der Waals surface area contributed by atoms with Gasteiger partial charge < -0.3 is 101 Å². The van der Waals surface area contributed by atoms with E-state index in [-0.39, 0.29) is 38.1 Å². The van der Waals surface area contributed by atoms with Crippen LogP contribution in [0.5, 0.6) is 0 Å². The van der Waals surface area contributed by atoms with Gasteiger partial charge in [-0.3, -0.25) is 71.9 Å². The Bertz CT molecular complexity index is 3480. The summed E-state index contributed by atoms with van der Waals surface area (Å²) in [5.41, 5.74) is 18.5. The van der Waals surface area contributed by atoms with Crippen molar-refractivity contribution in [3.63, 3.8) is 0 Å². The minimum atomic E-state index is -2.11. The topological polar surface area (TPSA) is 550 Å². The maximum atomic E-state index is 14.7. The van der Waals surface area contributed by atoms with Crippen LogP contribution in [0.25, 0.3) is 21.8 Å². The normalized spacial score (nSPS) is 24.7. The van der Waals surface area contributed by atoms with Gasteiger partial charge in [0.2, 0.25) is 82.7 Å². The van der Waals surface area contributed by atoms with Crippen LogP contribution in [0.3, 0.4) is 0 Å². The molecule has 2 aromatic heterocycles. The number of aliphatic hydroxyl groups is 2. The van der Waals surface area contributed by atoms with E-state index in [1.807, 2.05) is 0 Å². The molecule has 92 heavy (non-hydrogen) atoms. The molecule has 34 heteroatoms. The average molecular weight is 1290 g/mol. The zero-order valence-corrected chi connectivity index (χ0v) is 50.3. The molecule has 0 spiro atoms. The molecule has 34 nitrogen and oxygen atoms in total. The van der Waals surface area contributed by atoms with Gasteiger partial charge in [-0.25, -0.2) is 0 Å². The zero-order valence-electron chi connectivity index (χ0n) is 50.3. The lowest BCUT2D eigenvalue weighted by atomic mass is 10.00. The molecule has 496 valence electrons. The van der Waals surface area contributed by atoms with Gasteiger partial charge in [0, 0.05) is 53.6 Å². The van der Waals surface area contributed by atoms with Gasteiger partial charge >= 0.3 is 5.97 Å². The number of carbonyl (C=O) groups is 15. The number of aliphatic carboxylic acids is 1. The number of aromatic nitrogens is 2. The maximum Gasteiger partial charge on any atom is 0.305 e. The number of carboxylic acids is 1. The highest BCUT2D eigenvalue weighted by atomic mass is 16.4. The Morgan fingerprint density at radius 2 is 0.924 bits per heavy atom. The molecule has 0 radical (unpaired) electrons. The molecular weight excluding hydrogens is 1210 g/mol. The number of carbonyl (C=O) groups excluding carboxylic acids is 14. The van der Waals surface area contributed by atoms with Crippen LogP contribution in [0.2, 0.25) is 0 Å². The van der Waals surface area contributed by atoms with E-state index in [0.717, 1.165) is 11.8 Å². The summed E-state index contributed by atoms with van der Waals surface area (Å²) in [5, 5.41) is 55.7. The maximum absolute atomic E-state index is 14.7. The van der Waals surface area contributed by atoms with Gasteiger partial charge in [0.15, 0.2) is 0 Å². The number of nitrogens with one attached hydrogen (secondary N) is 12. The number of para-hydroxylation sites is 2. The van der Waals surface area contributed by atoms with Crippen LogP contribution >= 0.6 is 0 Å². The van der Waals surface area contributed by atoms with Crippen molar-refractivity contribution in [2.75, 3.05) is 19.7 Å². The quantitative estimate of drug-likeness (QED) is 0.0496. The van der Waals surface area contributed by atoms with E-state index >= 15 is 0 Å². The molecular formula is C58H76N16O18. The first-order valence-electron chi connectivity index (χ1n) is 29.3. The van der Waals surface area contributed by atoms with Crippen molar-refractivity contribution in [1.29, 1.82) is 0 Å². The average Bonchev–Trinajstić information content (AvgIpc) is 1.72. The largest absolute Gasteiger partial charge is 0.481 e. The lowest BCUT2D eigenvalue weighted by Gasteiger charge is -2.32. The first-order chi connectivity index (χ1) is 43.5. The fraction of sp³-hybridized carbons (Fsp3) is 0.466. The number of carboxylic acid groups (broad SMARTS) is 1. The second-order valence-corrected chi connectivity index (χ2v) is 22.7. The highest BCUT2D eigenvalue weighted by Gasteiger charge is 2.43. The van der Waals surface area contributed by atoms with Crippen LogP contribution in [0.15, 0.2) is 60.9 Å². The Kier molecular flexibility index (Phi) is 24.8. The first-order valence-corrected chi connectivity index (χ1v) is 29.3. The van der Waals surface area contributed by atoms with Gasteiger partial charge in [-0.15, -0.1) is 0 Å². The van der Waals surface area contributed by atoms with E-state index in [1.54, 1.807) is 68.6 Å². The van der Waals surface area contributed by atoms with E-state index in [2.05, 4.69) is 63.1 Å². The molecule has 0 aliphatic carbocycles. The fourth-order valence-corrected chi connectivity index (χ4v) is 10.5. The lowest BCUT2D eigenvalue weighted by Crippen LogP contribution is -2.62. The predicted octanol–water partition coefficient (Wildman–Crippen LogP) is -6.56. The van der Waals surface area contributed by atoms with Crippen molar-refractivity contribution in [3.05, 3.63) is 72.1 Å². The van der Waals surface area contributed by atoms with E-state index in [4.69, 9.17) is 17.2 Å². The summed E-state index contributed by atoms with van der Waals surface area (Å²) >= 11 is 0.